The smallest absolute Gasteiger partial charge is 0.309 e. The monoisotopic (exact) mass is 381 g/mol. The molecule has 1 aliphatic heterocycles. The lowest BCUT2D eigenvalue weighted by Crippen LogP contribution is -2.42. The van der Waals surface area contributed by atoms with Gasteiger partial charge in [0.15, 0.2) is 0 Å². The van der Waals surface area contributed by atoms with Crippen molar-refractivity contribution in [3.05, 3.63) is 64.7 Å². The number of rotatable bonds is 6. The van der Waals surface area contributed by atoms with Crippen LogP contribution in [0.1, 0.15) is 28.3 Å². The maximum atomic E-state index is 12.2. The van der Waals surface area contributed by atoms with Crippen LogP contribution in [0.2, 0.25) is 0 Å². The van der Waals surface area contributed by atoms with Gasteiger partial charge < -0.3 is 20.3 Å². The van der Waals surface area contributed by atoms with E-state index < -0.39 is 11.8 Å². The fourth-order valence-corrected chi connectivity index (χ4v) is 3.25. The van der Waals surface area contributed by atoms with Crippen molar-refractivity contribution < 1.29 is 14.3 Å². The van der Waals surface area contributed by atoms with Crippen LogP contribution in [0, 0.1) is 6.92 Å². The van der Waals surface area contributed by atoms with Crippen molar-refractivity contribution in [2.45, 2.75) is 25.9 Å². The summed E-state index contributed by atoms with van der Waals surface area (Å²) in [6.07, 6.45) is 0.900. The molecule has 2 amide bonds. The Morgan fingerprint density at radius 3 is 2.50 bits per heavy atom. The minimum absolute atomic E-state index is 0.0280. The van der Waals surface area contributed by atoms with Crippen LogP contribution >= 0.6 is 0 Å². The van der Waals surface area contributed by atoms with Gasteiger partial charge in [0, 0.05) is 19.5 Å². The van der Waals surface area contributed by atoms with E-state index in [0.29, 0.717) is 19.7 Å². The maximum Gasteiger partial charge on any atom is 0.309 e. The second kappa shape index (κ2) is 8.89. The largest absolute Gasteiger partial charge is 0.493 e. The lowest BCUT2D eigenvalue weighted by atomic mass is 10.0. The highest BCUT2D eigenvalue weighted by molar-refractivity contribution is 6.35. The van der Waals surface area contributed by atoms with Crippen molar-refractivity contribution in [1.82, 2.24) is 15.5 Å². The van der Waals surface area contributed by atoms with Crippen LogP contribution in [0.4, 0.5) is 0 Å². The molecule has 2 aromatic rings. The first-order valence-electron chi connectivity index (χ1n) is 9.47. The molecule has 2 N–H and O–H groups in total. The van der Waals surface area contributed by atoms with Gasteiger partial charge in [0.25, 0.3) is 0 Å². The number of amides is 2. The topological polar surface area (TPSA) is 70.7 Å². The fraction of sp³-hybridized carbons (Fsp3) is 0.364. The number of carbonyl (C=O) groups is 2. The zero-order valence-corrected chi connectivity index (χ0v) is 16.6. The van der Waals surface area contributed by atoms with E-state index in [4.69, 9.17) is 4.74 Å². The second-order valence-corrected chi connectivity index (χ2v) is 7.32. The molecule has 28 heavy (non-hydrogen) atoms. The highest BCUT2D eigenvalue weighted by Crippen LogP contribution is 2.29. The standard InChI is InChI=1S/C22H27N3O3/c1-15-4-6-16(7-5-15)13-23-21(26)22(27)24-14-19(25(2)3)17-8-9-20-18(12-17)10-11-28-20/h4-9,12,19H,10-11,13-14H2,1-3H3,(H,23,26)(H,24,27). The van der Waals surface area contributed by atoms with E-state index in [1.807, 2.05) is 62.3 Å². The highest BCUT2D eigenvalue weighted by atomic mass is 16.5. The van der Waals surface area contributed by atoms with Gasteiger partial charge in [-0.15, -0.1) is 0 Å². The predicted molar refractivity (Wildman–Crippen MR) is 108 cm³/mol. The summed E-state index contributed by atoms with van der Waals surface area (Å²) in [6.45, 7) is 3.40. The summed E-state index contributed by atoms with van der Waals surface area (Å²) in [5.74, 6) is -0.315. The molecule has 2 aromatic carbocycles. The van der Waals surface area contributed by atoms with Crippen LogP contribution in [0.25, 0.3) is 0 Å². The SMILES string of the molecule is Cc1ccc(CNC(=O)C(=O)NCC(c2ccc3c(c2)CCO3)N(C)C)cc1. The summed E-state index contributed by atoms with van der Waals surface area (Å²) < 4.78 is 5.56. The van der Waals surface area contributed by atoms with Crippen molar-refractivity contribution in [3.63, 3.8) is 0 Å². The second-order valence-electron chi connectivity index (χ2n) is 7.32. The Balaban J connectivity index is 1.55. The first kappa shape index (κ1) is 19.9. The predicted octanol–water partition coefficient (Wildman–Crippen LogP) is 1.97. The van der Waals surface area contributed by atoms with Gasteiger partial charge in [0.1, 0.15) is 5.75 Å². The van der Waals surface area contributed by atoms with Crippen LogP contribution in [0.5, 0.6) is 5.75 Å². The molecule has 0 bridgehead atoms. The van der Waals surface area contributed by atoms with Crippen molar-refractivity contribution >= 4 is 11.8 Å². The number of benzene rings is 2. The zero-order valence-electron chi connectivity index (χ0n) is 16.6. The van der Waals surface area contributed by atoms with Crippen molar-refractivity contribution in [1.29, 1.82) is 0 Å². The summed E-state index contributed by atoms with van der Waals surface area (Å²) in [7, 11) is 3.91. The van der Waals surface area contributed by atoms with E-state index >= 15 is 0 Å². The minimum Gasteiger partial charge on any atom is -0.493 e. The Labute approximate surface area is 165 Å². The van der Waals surface area contributed by atoms with E-state index in [1.54, 1.807) is 0 Å². The summed E-state index contributed by atoms with van der Waals surface area (Å²) in [5.41, 5.74) is 4.39. The molecule has 148 valence electrons. The lowest BCUT2D eigenvalue weighted by molar-refractivity contribution is -0.139. The summed E-state index contributed by atoms with van der Waals surface area (Å²) in [4.78, 5) is 26.3. The highest BCUT2D eigenvalue weighted by Gasteiger charge is 2.21. The molecular formula is C22H27N3O3. The van der Waals surface area contributed by atoms with Crippen molar-refractivity contribution in [2.24, 2.45) is 0 Å². The molecule has 1 atom stereocenters. The number of hydrogen-bond donors (Lipinski definition) is 2. The molecule has 1 unspecified atom stereocenters. The minimum atomic E-state index is -0.625. The number of fused-ring (bicyclic) bond motifs is 1. The van der Waals surface area contributed by atoms with E-state index in [2.05, 4.69) is 16.7 Å². The molecule has 0 fully saturated rings. The number of hydrogen-bond acceptors (Lipinski definition) is 4. The molecule has 0 saturated heterocycles. The first-order chi connectivity index (χ1) is 13.4. The summed E-state index contributed by atoms with van der Waals surface area (Å²) >= 11 is 0. The van der Waals surface area contributed by atoms with Gasteiger partial charge in [0.2, 0.25) is 0 Å². The number of nitrogens with zero attached hydrogens (tertiary/aromatic N) is 1. The van der Waals surface area contributed by atoms with Gasteiger partial charge >= 0.3 is 11.8 Å². The molecule has 0 aliphatic carbocycles. The van der Waals surface area contributed by atoms with Gasteiger partial charge in [0.05, 0.1) is 12.6 Å². The molecule has 6 nitrogen and oxygen atoms in total. The summed E-state index contributed by atoms with van der Waals surface area (Å²) in [6, 6.07) is 13.9. The van der Waals surface area contributed by atoms with Gasteiger partial charge in [-0.3, -0.25) is 9.59 Å². The average Bonchev–Trinajstić information content (AvgIpc) is 3.15. The normalized spacial score (nSPS) is 13.6. The number of ether oxygens (including phenoxy) is 1. The van der Waals surface area contributed by atoms with Gasteiger partial charge in [-0.05, 0) is 43.8 Å². The number of aryl methyl sites for hydroxylation is 1. The number of carbonyl (C=O) groups excluding carboxylic acids is 2. The lowest BCUT2D eigenvalue weighted by Gasteiger charge is -2.25. The van der Waals surface area contributed by atoms with Gasteiger partial charge in [-0.1, -0.05) is 42.0 Å². The molecule has 0 spiro atoms. The Morgan fingerprint density at radius 2 is 1.79 bits per heavy atom. The van der Waals surface area contributed by atoms with Crippen LogP contribution < -0.4 is 15.4 Å². The van der Waals surface area contributed by atoms with Crippen LogP contribution in [-0.2, 0) is 22.6 Å². The average molecular weight is 381 g/mol. The Morgan fingerprint density at radius 1 is 1.07 bits per heavy atom. The Bertz CT molecular complexity index is 847. The Hall–Kier alpha value is -2.86. The van der Waals surface area contributed by atoms with Crippen molar-refractivity contribution in [3.8, 4) is 5.75 Å². The molecule has 0 saturated carbocycles. The van der Waals surface area contributed by atoms with E-state index in [9.17, 15) is 9.59 Å². The third kappa shape index (κ3) is 4.89. The van der Waals surface area contributed by atoms with E-state index in [1.165, 1.54) is 5.56 Å². The van der Waals surface area contributed by atoms with Crippen LogP contribution in [-0.4, -0.2) is 44.0 Å². The molecule has 1 aliphatic rings. The molecule has 1 heterocycles. The molecule has 3 rings (SSSR count). The third-order valence-electron chi connectivity index (χ3n) is 4.96. The van der Waals surface area contributed by atoms with Crippen molar-refractivity contribution in [2.75, 3.05) is 27.2 Å². The fourth-order valence-electron chi connectivity index (χ4n) is 3.25. The van der Waals surface area contributed by atoms with E-state index in [-0.39, 0.29) is 6.04 Å². The molecule has 6 heteroatoms. The molecular weight excluding hydrogens is 354 g/mol. The number of likely N-dealkylation sites (N-methyl/N-ethyl adjacent to an activating group) is 1. The number of nitrogens with one attached hydrogen (secondary N) is 2. The van der Waals surface area contributed by atoms with E-state index in [0.717, 1.165) is 28.9 Å². The first-order valence-corrected chi connectivity index (χ1v) is 9.47. The van der Waals surface area contributed by atoms with Gasteiger partial charge in [-0.25, -0.2) is 0 Å². The molecule has 0 aromatic heterocycles. The van der Waals surface area contributed by atoms with Gasteiger partial charge in [-0.2, -0.15) is 0 Å². The summed E-state index contributed by atoms with van der Waals surface area (Å²) in [5, 5.41) is 5.42. The maximum absolute atomic E-state index is 12.2. The van der Waals surface area contributed by atoms with Crippen LogP contribution in [0.3, 0.4) is 0 Å². The molecule has 0 radical (unpaired) electrons. The quantitative estimate of drug-likeness (QED) is 0.751. The Kier molecular flexibility index (Phi) is 6.31. The zero-order chi connectivity index (χ0) is 20.1. The van der Waals surface area contributed by atoms with Crippen LogP contribution in [0.15, 0.2) is 42.5 Å². The third-order valence-corrected chi connectivity index (χ3v) is 4.96.